The third-order valence-electron chi connectivity index (χ3n) is 3.14. The minimum Gasteiger partial charge on any atom is -0.376 e. The zero-order valence-corrected chi connectivity index (χ0v) is 11.1. The van der Waals surface area contributed by atoms with Gasteiger partial charge in [0.15, 0.2) is 0 Å². The molecule has 0 spiro atoms. The number of aryl methyl sites for hydroxylation is 1. The number of thiocarbonyl (C=S) groups is 1. The highest BCUT2D eigenvalue weighted by Crippen LogP contribution is 2.11. The highest BCUT2D eigenvalue weighted by Gasteiger charge is 2.15. The number of benzene rings is 1. The molecule has 0 aliphatic carbocycles. The molecule has 1 aromatic rings. The first-order valence-electron chi connectivity index (χ1n) is 6.28. The molecule has 2 nitrogen and oxygen atoms in total. The molecule has 0 aromatic heterocycles. The molecule has 0 radical (unpaired) electrons. The lowest BCUT2D eigenvalue weighted by atomic mass is 10.1. The van der Waals surface area contributed by atoms with E-state index in [1.54, 1.807) is 0 Å². The number of rotatable bonds is 4. The van der Waals surface area contributed by atoms with E-state index in [9.17, 15) is 0 Å². The highest BCUT2D eigenvalue weighted by atomic mass is 32.1. The van der Waals surface area contributed by atoms with Gasteiger partial charge in [0, 0.05) is 18.7 Å². The summed E-state index contributed by atoms with van der Waals surface area (Å²) in [4.78, 5) is 0.822. The molecule has 1 aliphatic rings. The molecule has 92 valence electrons. The van der Waals surface area contributed by atoms with Crippen LogP contribution in [0.4, 0.5) is 0 Å². The molecule has 3 heteroatoms. The molecule has 2 rings (SSSR count). The van der Waals surface area contributed by atoms with Crippen LogP contribution in [-0.4, -0.2) is 24.2 Å². The third-order valence-corrected chi connectivity index (χ3v) is 3.52. The Kier molecular flexibility index (Phi) is 4.51. The number of ether oxygens (including phenoxy) is 1. The van der Waals surface area contributed by atoms with E-state index in [0.717, 1.165) is 36.5 Å². The van der Waals surface area contributed by atoms with Crippen LogP contribution in [-0.2, 0) is 11.2 Å². The summed E-state index contributed by atoms with van der Waals surface area (Å²) in [6, 6.07) is 8.44. The van der Waals surface area contributed by atoms with E-state index in [4.69, 9.17) is 17.0 Å². The zero-order valence-electron chi connectivity index (χ0n) is 10.2. The van der Waals surface area contributed by atoms with Crippen LogP contribution >= 0.6 is 12.2 Å². The number of nitrogens with one attached hydrogen (secondary N) is 1. The molecule has 17 heavy (non-hydrogen) atoms. The summed E-state index contributed by atoms with van der Waals surface area (Å²) in [5, 5.41) is 3.28. The third kappa shape index (κ3) is 3.51. The number of hydrogen-bond acceptors (Lipinski definition) is 2. The van der Waals surface area contributed by atoms with Gasteiger partial charge in [-0.3, -0.25) is 0 Å². The second-order valence-corrected chi connectivity index (χ2v) is 4.80. The Labute approximate surface area is 108 Å². The second kappa shape index (κ2) is 6.12. The SMILES string of the molecule is CCc1ccc(C(=S)NCC2CCCO2)cc1. The lowest BCUT2D eigenvalue weighted by molar-refractivity contribution is 0.114. The van der Waals surface area contributed by atoms with Crippen molar-refractivity contribution in [3.8, 4) is 0 Å². The van der Waals surface area contributed by atoms with Gasteiger partial charge in [-0.2, -0.15) is 0 Å². The molecule has 1 fully saturated rings. The van der Waals surface area contributed by atoms with Gasteiger partial charge in [-0.1, -0.05) is 43.4 Å². The smallest absolute Gasteiger partial charge is 0.106 e. The Morgan fingerprint density at radius 3 is 2.76 bits per heavy atom. The summed E-state index contributed by atoms with van der Waals surface area (Å²) in [6.45, 7) is 3.88. The minimum absolute atomic E-state index is 0.336. The predicted molar refractivity (Wildman–Crippen MR) is 74.5 cm³/mol. The normalized spacial score (nSPS) is 19.2. The van der Waals surface area contributed by atoms with Crippen LogP contribution in [0.1, 0.15) is 30.9 Å². The summed E-state index contributed by atoms with van der Waals surface area (Å²) >= 11 is 5.37. The lowest BCUT2D eigenvalue weighted by Crippen LogP contribution is -2.31. The standard InChI is InChI=1S/C14H19NOS/c1-2-11-5-7-12(8-6-11)14(17)15-10-13-4-3-9-16-13/h5-8,13H,2-4,9-10H2,1H3,(H,15,17). The maximum atomic E-state index is 5.55. The fourth-order valence-electron chi connectivity index (χ4n) is 2.01. The van der Waals surface area contributed by atoms with E-state index >= 15 is 0 Å². The molecule has 1 unspecified atom stereocenters. The summed E-state index contributed by atoms with van der Waals surface area (Å²) < 4.78 is 5.55. The van der Waals surface area contributed by atoms with Crippen LogP contribution in [0.5, 0.6) is 0 Å². The maximum Gasteiger partial charge on any atom is 0.106 e. The molecule has 1 heterocycles. The molecule has 1 saturated heterocycles. The average Bonchev–Trinajstić information content (AvgIpc) is 2.89. The van der Waals surface area contributed by atoms with Crippen LogP contribution < -0.4 is 5.32 Å². The Hall–Kier alpha value is -0.930. The van der Waals surface area contributed by atoms with E-state index in [0.29, 0.717) is 6.10 Å². The molecule has 1 aliphatic heterocycles. The maximum absolute atomic E-state index is 5.55. The van der Waals surface area contributed by atoms with Crippen molar-refractivity contribution >= 4 is 17.2 Å². The van der Waals surface area contributed by atoms with Crippen molar-refractivity contribution in [1.82, 2.24) is 5.32 Å². The van der Waals surface area contributed by atoms with Crippen LogP contribution in [0, 0.1) is 0 Å². The average molecular weight is 249 g/mol. The minimum atomic E-state index is 0.336. The lowest BCUT2D eigenvalue weighted by Gasteiger charge is -2.12. The van der Waals surface area contributed by atoms with Gasteiger partial charge in [-0.15, -0.1) is 0 Å². The van der Waals surface area contributed by atoms with Crippen LogP contribution in [0.2, 0.25) is 0 Å². The molecular weight excluding hydrogens is 230 g/mol. The summed E-state index contributed by atoms with van der Waals surface area (Å²) in [6.07, 6.45) is 3.72. The van der Waals surface area contributed by atoms with Gasteiger partial charge in [0.1, 0.15) is 4.99 Å². The number of hydrogen-bond donors (Lipinski definition) is 1. The van der Waals surface area contributed by atoms with Gasteiger partial charge >= 0.3 is 0 Å². The Balaban J connectivity index is 1.85. The summed E-state index contributed by atoms with van der Waals surface area (Å²) in [7, 11) is 0. The van der Waals surface area contributed by atoms with Gasteiger partial charge < -0.3 is 10.1 Å². The Morgan fingerprint density at radius 2 is 2.18 bits per heavy atom. The van der Waals surface area contributed by atoms with E-state index < -0.39 is 0 Å². The molecule has 1 N–H and O–H groups in total. The first-order valence-corrected chi connectivity index (χ1v) is 6.69. The monoisotopic (exact) mass is 249 g/mol. The van der Waals surface area contributed by atoms with Crippen LogP contribution in [0.25, 0.3) is 0 Å². The van der Waals surface area contributed by atoms with Gasteiger partial charge in [0.2, 0.25) is 0 Å². The Morgan fingerprint density at radius 1 is 1.41 bits per heavy atom. The van der Waals surface area contributed by atoms with E-state index in [1.807, 2.05) is 0 Å². The molecule has 0 amide bonds. The molecular formula is C14H19NOS. The van der Waals surface area contributed by atoms with Crippen molar-refractivity contribution in [1.29, 1.82) is 0 Å². The fourth-order valence-corrected chi connectivity index (χ4v) is 2.23. The van der Waals surface area contributed by atoms with Crippen molar-refractivity contribution < 1.29 is 4.74 Å². The topological polar surface area (TPSA) is 21.3 Å². The molecule has 1 aromatic carbocycles. The van der Waals surface area contributed by atoms with Gasteiger partial charge in [0.25, 0.3) is 0 Å². The van der Waals surface area contributed by atoms with Gasteiger partial charge in [-0.25, -0.2) is 0 Å². The Bertz CT molecular complexity index is 368. The second-order valence-electron chi connectivity index (χ2n) is 4.40. The van der Waals surface area contributed by atoms with Crippen molar-refractivity contribution in [2.75, 3.05) is 13.2 Å². The molecule has 1 atom stereocenters. The van der Waals surface area contributed by atoms with Crippen LogP contribution in [0.15, 0.2) is 24.3 Å². The van der Waals surface area contributed by atoms with Gasteiger partial charge in [-0.05, 0) is 24.8 Å². The van der Waals surface area contributed by atoms with Crippen molar-refractivity contribution in [3.63, 3.8) is 0 Å². The van der Waals surface area contributed by atoms with Crippen molar-refractivity contribution in [2.45, 2.75) is 32.3 Å². The first-order chi connectivity index (χ1) is 8.29. The quantitative estimate of drug-likeness (QED) is 0.829. The first kappa shape index (κ1) is 12.5. The molecule has 0 saturated carbocycles. The van der Waals surface area contributed by atoms with Crippen LogP contribution in [0.3, 0.4) is 0 Å². The van der Waals surface area contributed by atoms with Gasteiger partial charge in [0.05, 0.1) is 6.10 Å². The van der Waals surface area contributed by atoms with Crippen molar-refractivity contribution in [3.05, 3.63) is 35.4 Å². The largest absolute Gasteiger partial charge is 0.376 e. The molecule has 0 bridgehead atoms. The zero-order chi connectivity index (χ0) is 12.1. The van der Waals surface area contributed by atoms with Crippen molar-refractivity contribution in [2.24, 2.45) is 0 Å². The summed E-state index contributed by atoms with van der Waals surface area (Å²) in [5.74, 6) is 0. The van der Waals surface area contributed by atoms with E-state index in [-0.39, 0.29) is 0 Å². The predicted octanol–water partition coefficient (Wildman–Crippen LogP) is 2.69. The summed E-state index contributed by atoms with van der Waals surface area (Å²) in [5.41, 5.74) is 2.44. The highest BCUT2D eigenvalue weighted by molar-refractivity contribution is 7.80. The van der Waals surface area contributed by atoms with E-state index in [1.165, 1.54) is 12.0 Å². The fraction of sp³-hybridized carbons (Fsp3) is 0.500. The van der Waals surface area contributed by atoms with E-state index in [2.05, 4.69) is 36.5 Å².